The van der Waals surface area contributed by atoms with Crippen LogP contribution in [0.15, 0.2) is 18.2 Å². The van der Waals surface area contributed by atoms with E-state index in [4.69, 9.17) is 10.8 Å². The van der Waals surface area contributed by atoms with Gasteiger partial charge in [0.15, 0.2) is 0 Å². The number of nitrogen functional groups attached to an aromatic ring is 1. The lowest BCUT2D eigenvalue weighted by Gasteiger charge is -2.39. The predicted molar refractivity (Wildman–Crippen MR) is 75.6 cm³/mol. The largest absolute Gasteiger partial charge is 0.399 e. The monoisotopic (exact) mass is 332 g/mol. The summed E-state index contributed by atoms with van der Waals surface area (Å²) in [6.07, 6.45) is 3.78. The third-order valence-electron chi connectivity index (χ3n) is 3.14. The molecule has 0 aromatic heterocycles. The van der Waals surface area contributed by atoms with Crippen molar-refractivity contribution in [3.8, 4) is 0 Å². The Morgan fingerprint density at radius 3 is 2.69 bits per heavy atom. The Labute approximate surface area is 110 Å². The first-order valence-corrected chi connectivity index (χ1v) is 6.73. The molecule has 0 unspecified atom stereocenters. The molecular formula is C12H17IN2O. The maximum atomic E-state index is 9.14. The molecule has 3 N–H and O–H groups in total. The second-order valence-electron chi connectivity index (χ2n) is 4.21. The molecule has 2 rings (SSSR count). The number of benzene rings is 1. The van der Waals surface area contributed by atoms with Gasteiger partial charge in [0, 0.05) is 21.8 Å². The minimum Gasteiger partial charge on any atom is -0.399 e. The molecule has 0 radical (unpaired) electrons. The molecule has 0 saturated heterocycles. The van der Waals surface area contributed by atoms with E-state index in [9.17, 15) is 0 Å². The van der Waals surface area contributed by atoms with Crippen LogP contribution >= 0.6 is 22.6 Å². The second kappa shape index (κ2) is 5.23. The first-order valence-electron chi connectivity index (χ1n) is 5.65. The van der Waals surface area contributed by atoms with E-state index in [2.05, 4.69) is 33.6 Å². The van der Waals surface area contributed by atoms with Gasteiger partial charge in [-0.05, 0) is 60.1 Å². The van der Waals surface area contributed by atoms with E-state index < -0.39 is 0 Å². The van der Waals surface area contributed by atoms with Crippen molar-refractivity contribution in [1.29, 1.82) is 0 Å². The van der Waals surface area contributed by atoms with Crippen molar-refractivity contribution in [2.75, 3.05) is 23.8 Å². The number of hydrogen-bond acceptors (Lipinski definition) is 3. The molecule has 0 amide bonds. The van der Waals surface area contributed by atoms with Crippen LogP contribution in [0.25, 0.3) is 0 Å². The fourth-order valence-electron chi connectivity index (χ4n) is 2.06. The number of rotatable bonds is 4. The van der Waals surface area contributed by atoms with Gasteiger partial charge in [0.25, 0.3) is 0 Å². The van der Waals surface area contributed by atoms with Crippen molar-refractivity contribution in [2.45, 2.75) is 25.3 Å². The van der Waals surface area contributed by atoms with Crippen molar-refractivity contribution in [2.24, 2.45) is 0 Å². The highest BCUT2D eigenvalue weighted by molar-refractivity contribution is 14.1. The van der Waals surface area contributed by atoms with Crippen LogP contribution in [0.3, 0.4) is 0 Å². The summed E-state index contributed by atoms with van der Waals surface area (Å²) in [6.45, 7) is 0.918. The van der Waals surface area contributed by atoms with Gasteiger partial charge in [-0.25, -0.2) is 0 Å². The smallest absolute Gasteiger partial charge is 0.0606 e. The van der Waals surface area contributed by atoms with Gasteiger partial charge in [-0.2, -0.15) is 0 Å². The molecular weight excluding hydrogens is 315 g/mol. The molecule has 0 bridgehead atoms. The average Bonchev–Trinajstić information content (AvgIpc) is 2.14. The maximum Gasteiger partial charge on any atom is 0.0606 e. The van der Waals surface area contributed by atoms with Gasteiger partial charge in [-0.15, -0.1) is 0 Å². The van der Waals surface area contributed by atoms with Crippen molar-refractivity contribution in [1.82, 2.24) is 0 Å². The van der Waals surface area contributed by atoms with Gasteiger partial charge in [0.2, 0.25) is 0 Å². The number of anilines is 2. The van der Waals surface area contributed by atoms with E-state index in [-0.39, 0.29) is 6.61 Å². The second-order valence-corrected chi connectivity index (χ2v) is 5.37. The molecule has 4 heteroatoms. The first kappa shape index (κ1) is 12.0. The van der Waals surface area contributed by atoms with Crippen molar-refractivity contribution >= 4 is 34.0 Å². The molecule has 1 saturated carbocycles. The van der Waals surface area contributed by atoms with Crippen LogP contribution in [0.5, 0.6) is 0 Å². The molecule has 0 heterocycles. The molecule has 88 valence electrons. The number of aliphatic hydroxyl groups excluding tert-OH is 1. The summed E-state index contributed by atoms with van der Waals surface area (Å²) in [7, 11) is 0. The van der Waals surface area contributed by atoms with E-state index in [1.54, 1.807) is 0 Å². The third kappa shape index (κ3) is 2.43. The topological polar surface area (TPSA) is 49.5 Å². The lowest BCUT2D eigenvalue weighted by Crippen LogP contribution is -2.42. The fraction of sp³-hybridized carbons (Fsp3) is 0.500. The number of aliphatic hydroxyl groups is 1. The van der Waals surface area contributed by atoms with Crippen molar-refractivity contribution < 1.29 is 5.11 Å². The van der Waals surface area contributed by atoms with E-state index in [0.717, 1.165) is 9.26 Å². The lowest BCUT2D eigenvalue weighted by atomic mass is 9.91. The summed E-state index contributed by atoms with van der Waals surface area (Å²) in [4.78, 5) is 2.31. The Balaban J connectivity index is 2.23. The standard InChI is InChI=1S/C12H17IN2O/c13-11-8-9(14)4-5-12(11)15(6-7-16)10-2-1-3-10/h4-5,8,10,16H,1-3,6-7,14H2. The number of nitrogens with two attached hydrogens (primary N) is 1. The van der Waals surface area contributed by atoms with E-state index in [0.29, 0.717) is 12.6 Å². The van der Waals surface area contributed by atoms with Crippen molar-refractivity contribution in [3.05, 3.63) is 21.8 Å². The molecule has 1 aromatic carbocycles. The maximum absolute atomic E-state index is 9.14. The van der Waals surface area contributed by atoms with Crippen LogP contribution < -0.4 is 10.6 Å². The lowest BCUT2D eigenvalue weighted by molar-refractivity contribution is 0.283. The molecule has 0 aliphatic heterocycles. The zero-order chi connectivity index (χ0) is 11.5. The Kier molecular flexibility index (Phi) is 3.91. The third-order valence-corrected chi connectivity index (χ3v) is 4.00. The van der Waals surface area contributed by atoms with E-state index in [1.165, 1.54) is 24.9 Å². The minimum absolute atomic E-state index is 0.205. The highest BCUT2D eigenvalue weighted by Crippen LogP contribution is 2.32. The van der Waals surface area contributed by atoms with Gasteiger partial charge in [-0.3, -0.25) is 0 Å². The van der Waals surface area contributed by atoms with Crippen LogP contribution in [-0.2, 0) is 0 Å². The summed E-state index contributed by atoms with van der Waals surface area (Å²) in [5.74, 6) is 0. The summed E-state index contributed by atoms with van der Waals surface area (Å²) >= 11 is 2.31. The summed E-state index contributed by atoms with van der Waals surface area (Å²) < 4.78 is 1.16. The minimum atomic E-state index is 0.205. The van der Waals surface area contributed by atoms with Crippen LogP contribution in [-0.4, -0.2) is 24.3 Å². The highest BCUT2D eigenvalue weighted by Gasteiger charge is 2.25. The van der Waals surface area contributed by atoms with Gasteiger partial charge in [0.1, 0.15) is 0 Å². The average molecular weight is 332 g/mol. The predicted octanol–water partition coefficient (Wildman–Crippen LogP) is 2.22. The Bertz CT molecular complexity index is 366. The van der Waals surface area contributed by atoms with Crippen LogP contribution in [0, 0.1) is 3.57 Å². The SMILES string of the molecule is Nc1ccc(N(CCO)C2CCC2)c(I)c1. The number of halogens is 1. The Morgan fingerprint density at radius 1 is 1.44 bits per heavy atom. The summed E-state index contributed by atoms with van der Waals surface area (Å²) in [5.41, 5.74) is 7.75. The van der Waals surface area contributed by atoms with Gasteiger partial charge in [-0.1, -0.05) is 0 Å². The van der Waals surface area contributed by atoms with Gasteiger partial charge in [0.05, 0.1) is 12.3 Å². The van der Waals surface area contributed by atoms with Crippen molar-refractivity contribution in [3.63, 3.8) is 0 Å². The zero-order valence-corrected chi connectivity index (χ0v) is 11.4. The van der Waals surface area contributed by atoms with Crippen LogP contribution in [0.2, 0.25) is 0 Å². The first-order chi connectivity index (χ1) is 7.72. The van der Waals surface area contributed by atoms with E-state index in [1.807, 2.05) is 12.1 Å². The van der Waals surface area contributed by atoms with Crippen LogP contribution in [0.4, 0.5) is 11.4 Å². The molecule has 1 fully saturated rings. The highest BCUT2D eigenvalue weighted by atomic mass is 127. The summed E-state index contributed by atoms with van der Waals surface area (Å²) in [6, 6.07) is 6.58. The molecule has 0 spiro atoms. The Morgan fingerprint density at radius 2 is 2.19 bits per heavy atom. The summed E-state index contributed by atoms with van der Waals surface area (Å²) in [5, 5.41) is 9.14. The molecule has 3 nitrogen and oxygen atoms in total. The normalized spacial score (nSPS) is 15.9. The quantitative estimate of drug-likeness (QED) is 0.657. The number of hydrogen-bond donors (Lipinski definition) is 2. The number of nitrogens with zero attached hydrogens (tertiary/aromatic N) is 1. The zero-order valence-electron chi connectivity index (χ0n) is 9.19. The van der Waals surface area contributed by atoms with Gasteiger partial charge < -0.3 is 15.7 Å². The van der Waals surface area contributed by atoms with E-state index >= 15 is 0 Å². The fourth-order valence-corrected chi connectivity index (χ4v) is 2.91. The molecule has 1 aliphatic carbocycles. The molecule has 0 atom stereocenters. The molecule has 1 aromatic rings. The molecule has 16 heavy (non-hydrogen) atoms. The molecule has 1 aliphatic rings. The van der Waals surface area contributed by atoms with Gasteiger partial charge >= 0.3 is 0 Å². The Hall–Kier alpha value is -0.490. The van der Waals surface area contributed by atoms with Crippen LogP contribution in [0.1, 0.15) is 19.3 Å².